The molecule has 0 atom stereocenters. The summed E-state index contributed by atoms with van der Waals surface area (Å²) in [7, 11) is -0.0610. The normalized spacial score (nSPS) is 12.1. The second kappa shape index (κ2) is 7.01. The van der Waals surface area contributed by atoms with Crippen LogP contribution in [0.5, 0.6) is 0 Å². The van der Waals surface area contributed by atoms with E-state index in [-0.39, 0.29) is 5.75 Å². The second-order valence-corrected chi connectivity index (χ2v) is 8.07. The first-order valence-electron chi connectivity index (χ1n) is 5.25. The maximum Gasteiger partial charge on any atom is 0.214 e. The maximum atomic E-state index is 11.5. The third-order valence-electron chi connectivity index (χ3n) is 2.35. The molecule has 18 heavy (non-hydrogen) atoms. The fraction of sp³-hybridized carbons (Fsp3) is 0.455. The zero-order chi connectivity index (χ0) is 13.8. The van der Waals surface area contributed by atoms with Crippen molar-refractivity contribution in [3.63, 3.8) is 0 Å². The minimum Gasteiger partial charge on any atom is -0.212 e. The van der Waals surface area contributed by atoms with E-state index in [1.807, 2.05) is 0 Å². The van der Waals surface area contributed by atoms with Gasteiger partial charge in [0.2, 0.25) is 10.0 Å². The lowest BCUT2D eigenvalue weighted by molar-refractivity contribution is 0.522. The van der Waals surface area contributed by atoms with Gasteiger partial charge in [-0.1, -0.05) is 29.3 Å². The molecule has 1 aromatic carbocycles. The third kappa shape index (κ3) is 4.63. The van der Waals surface area contributed by atoms with Crippen molar-refractivity contribution in [3.8, 4) is 0 Å². The van der Waals surface area contributed by atoms with Crippen LogP contribution in [0, 0.1) is 0 Å². The molecule has 1 rings (SSSR count). The van der Waals surface area contributed by atoms with Gasteiger partial charge in [0.25, 0.3) is 0 Å². The molecule has 0 aliphatic carbocycles. The SMILES string of the molecule is CN(C)S(=O)(=O)CCSCc1c(Cl)cccc1Cl. The molecule has 0 radical (unpaired) electrons. The summed E-state index contributed by atoms with van der Waals surface area (Å²) in [4.78, 5) is 0. The molecular weight excluding hydrogens is 313 g/mol. The van der Waals surface area contributed by atoms with Gasteiger partial charge in [0.1, 0.15) is 0 Å². The minimum absolute atomic E-state index is 0.118. The Kier molecular flexibility index (Phi) is 6.27. The first-order chi connectivity index (χ1) is 8.34. The van der Waals surface area contributed by atoms with Gasteiger partial charge in [-0.25, -0.2) is 12.7 Å². The molecule has 0 aromatic heterocycles. The van der Waals surface area contributed by atoms with Gasteiger partial charge in [-0.2, -0.15) is 11.8 Å². The maximum absolute atomic E-state index is 11.5. The zero-order valence-corrected chi connectivity index (χ0v) is 13.3. The van der Waals surface area contributed by atoms with E-state index in [2.05, 4.69) is 0 Å². The fourth-order valence-corrected chi connectivity index (χ4v) is 4.22. The Bertz CT molecular complexity index is 484. The van der Waals surface area contributed by atoms with Crippen molar-refractivity contribution in [3.05, 3.63) is 33.8 Å². The van der Waals surface area contributed by atoms with E-state index < -0.39 is 10.0 Å². The molecule has 102 valence electrons. The van der Waals surface area contributed by atoms with Gasteiger partial charge in [-0.15, -0.1) is 0 Å². The van der Waals surface area contributed by atoms with Crippen LogP contribution in [-0.2, 0) is 15.8 Å². The highest BCUT2D eigenvalue weighted by Gasteiger charge is 2.13. The number of sulfonamides is 1. The van der Waals surface area contributed by atoms with Gasteiger partial charge in [0.05, 0.1) is 5.75 Å². The molecule has 0 fully saturated rings. The summed E-state index contributed by atoms with van der Waals surface area (Å²) in [5, 5.41) is 1.23. The highest BCUT2D eigenvalue weighted by atomic mass is 35.5. The molecule has 0 amide bonds. The van der Waals surface area contributed by atoms with Gasteiger partial charge < -0.3 is 0 Å². The van der Waals surface area contributed by atoms with E-state index in [0.29, 0.717) is 21.6 Å². The van der Waals surface area contributed by atoms with E-state index in [1.165, 1.54) is 30.2 Å². The van der Waals surface area contributed by atoms with Crippen LogP contribution in [-0.4, -0.2) is 38.3 Å². The number of rotatable bonds is 6. The lowest BCUT2D eigenvalue weighted by atomic mass is 10.2. The van der Waals surface area contributed by atoms with Crippen molar-refractivity contribution < 1.29 is 8.42 Å². The molecule has 0 spiro atoms. The number of halogens is 2. The Morgan fingerprint density at radius 1 is 1.22 bits per heavy atom. The average Bonchev–Trinajstić information content (AvgIpc) is 2.27. The highest BCUT2D eigenvalue weighted by Crippen LogP contribution is 2.28. The smallest absolute Gasteiger partial charge is 0.212 e. The number of benzene rings is 1. The van der Waals surface area contributed by atoms with Crippen molar-refractivity contribution in [1.82, 2.24) is 4.31 Å². The molecule has 0 bridgehead atoms. The van der Waals surface area contributed by atoms with Crippen LogP contribution >= 0.6 is 35.0 Å². The average molecular weight is 328 g/mol. The van der Waals surface area contributed by atoms with E-state index in [4.69, 9.17) is 23.2 Å². The van der Waals surface area contributed by atoms with Crippen molar-refractivity contribution >= 4 is 45.0 Å². The van der Waals surface area contributed by atoms with Crippen molar-refractivity contribution in [2.75, 3.05) is 25.6 Å². The molecule has 7 heteroatoms. The first-order valence-corrected chi connectivity index (χ1v) is 8.77. The van der Waals surface area contributed by atoms with Gasteiger partial charge in [0, 0.05) is 35.6 Å². The van der Waals surface area contributed by atoms with Crippen LogP contribution in [0.25, 0.3) is 0 Å². The zero-order valence-electron chi connectivity index (χ0n) is 10.2. The molecule has 0 aliphatic heterocycles. The van der Waals surface area contributed by atoms with Gasteiger partial charge in [0.15, 0.2) is 0 Å². The predicted octanol–water partition coefficient (Wildman–Crippen LogP) is 3.12. The molecule has 0 saturated heterocycles. The standard InChI is InChI=1S/C11H15Cl2NO2S2/c1-14(2)18(15,16)7-6-17-8-9-10(12)4-3-5-11(9)13/h3-5H,6-8H2,1-2H3. The Morgan fingerprint density at radius 3 is 2.28 bits per heavy atom. The van der Waals surface area contributed by atoms with Crippen LogP contribution in [0.2, 0.25) is 10.0 Å². The highest BCUT2D eigenvalue weighted by molar-refractivity contribution is 7.99. The molecule has 0 aliphatic rings. The number of hydrogen-bond acceptors (Lipinski definition) is 3. The second-order valence-electron chi connectivity index (χ2n) is 3.85. The summed E-state index contributed by atoms with van der Waals surface area (Å²) in [5.41, 5.74) is 0.855. The monoisotopic (exact) mass is 327 g/mol. The minimum atomic E-state index is -3.13. The Labute approximate surface area is 123 Å². The summed E-state index contributed by atoms with van der Waals surface area (Å²) < 4.78 is 24.3. The van der Waals surface area contributed by atoms with Crippen LogP contribution < -0.4 is 0 Å². The number of thioether (sulfide) groups is 1. The lowest BCUT2D eigenvalue weighted by Crippen LogP contribution is -2.26. The topological polar surface area (TPSA) is 37.4 Å². The Balaban J connectivity index is 2.49. The lowest BCUT2D eigenvalue weighted by Gasteiger charge is -2.11. The van der Waals surface area contributed by atoms with Gasteiger partial charge in [-0.3, -0.25) is 0 Å². The van der Waals surface area contributed by atoms with E-state index in [9.17, 15) is 8.42 Å². The summed E-state index contributed by atoms with van der Waals surface area (Å²) in [6.07, 6.45) is 0. The van der Waals surface area contributed by atoms with E-state index in [0.717, 1.165) is 5.56 Å². The summed E-state index contributed by atoms with van der Waals surface area (Å²) in [6, 6.07) is 5.34. The molecule has 0 saturated carbocycles. The van der Waals surface area contributed by atoms with E-state index in [1.54, 1.807) is 18.2 Å². The molecule has 0 N–H and O–H groups in total. The Hall–Kier alpha value is 0.0600. The fourth-order valence-electron chi connectivity index (χ4n) is 1.19. The first kappa shape index (κ1) is 16.1. The van der Waals surface area contributed by atoms with E-state index >= 15 is 0 Å². The summed E-state index contributed by atoms with van der Waals surface area (Å²) in [5.74, 6) is 1.25. The van der Waals surface area contributed by atoms with Gasteiger partial charge >= 0.3 is 0 Å². The summed E-state index contributed by atoms with van der Waals surface area (Å²) >= 11 is 13.6. The van der Waals surface area contributed by atoms with Crippen LogP contribution in [0.15, 0.2) is 18.2 Å². The van der Waals surface area contributed by atoms with Crippen LogP contribution in [0.1, 0.15) is 5.56 Å². The number of nitrogens with zero attached hydrogens (tertiary/aromatic N) is 1. The predicted molar refractivity (Wildman–Crippen MR) is 80.1 cm³/mol. The van der Waals surface area contributed by atoms with Crippen LogP contribution in [0.4, 0.5) is 0 Å². The van der Waals surface area contributed by atoms with Crippen LogP contribution in [0.3, 0.4) is 0 Å². The van der Waals surface area contributed by atoms with Crippen molar-refractivity contribution in [2.45, 2.75) is 5.75 Å². The molecule has 3 nitrogen and oxygen atoms in total. The Morgan fingerprint density at radius 2 is 1.78 bits per heavy atom. The largest absolute Gasteiger partial charge is 0.214 e. The summed E-state index contributed by atoms with van der Waals surface area (Å²) in [6.45, 7) is 0. The van der Waals surface area contributed by atoms with Crippen molar-refractivity contribution in [1.29, 1.82) is 0 Å². The molecular formula is C11H15Cl2NO2S2. The van der Waals surface area contributed by atoms with Gasteiger partial charge in [-0.05, 0) is 17.7 Å². The van der Waals surface area contributed by atoms with Crippen molar-refractivity contribution in [2.24, 2.45) is 0 Å². The third-order valence-corrected chi connectivity index (χ3v) is 6.14. The molecule has 1 aromatic rings. The molecule has 0 heterocycles. The molecule has 0 unspecified atom stereocenters. The quantitative estimate of drug-likeness (QED) is 0.753. The number of hydrogen-bond donors (Lipinski definition) is 0.